The minimum absolute atomic E-state index is 0.0198. The highest BCUT2D eigenvalue weighted by molar-refractivity contribution is 8.12. The van der Waals surface area contributed by atoms with Crippen molar-refractivity contribution in [2.75, 3.05) is 39.5 Å². The Kier molecular flexibility index (Phi) is 8.64. The van der Waals surface area contributed by atoms with Gasteiger partial charge < -0.3 is 10.4 Å². The minimum atomic E-state index is -4.95. The Labute approximate surface area is 238 Å². The average Bonchev–Trinajstić information content (AvgIpc) is 3.22. The summed E-state index contributed by atoms with van der Waals surface area (Å²) in [6.07, 6.45) is 2.28. The summed E-state index contributed by atoms with van der Waals surface area (Å²) in [6, 6.07) is 2.51. The van der Waals surface area contributed by atoms with Gasteiger partial charge >= 0.3 is 6.18 Å². The summed E-state index contributed by atoms with van der Waals surface area (Å²) in [5, 5.41) is 12.7. The van der Waals surface area contributed by atoms with Gasteiger partial charge in [-0.3, -0.25) is 14.3 Å². The van der Waals surface area contributed by atoms with Gasteiger partial charge in [-0.15, -0.1) is 9.53 Å². The normalized spacial score (nSPS) is 22.2. The minimum Gasteiger partial charge on any atom is -0.395 e. The zero-order valence-electron chi connectivity index (χ0n) is 23.1. The molecule has 0 atom stereocenters. The van der Waals surface area contributed by atoms with Crippen LogP contribution in [-0.2, 0) is 30.5 Å². The van der Waals surface area contributed by atoms with Gasteiger partial charge in [0.25, 0.3) is 5.91 Å². The molecule has 1 aliphatic carbocycles. The van der Waals surface area contributed by atoms with Gasteiger partial charge in [-0.05, 0) is 49.5 Å². The molecule has 0 aromatic heterocycles. The van der Waals surface area contributed by atoms with Crippen LogP contribution in [0.4, 0.5) is 13.2 Å². The van der Waals surface area contributed by atoms with Gasteiger partial charge in [0.1, 0.15) is 11.4 Å². The molecule has 1 spiro atoms. The Morgan fingerprint density at radius 1 is 1.22 bits per heavy atom. The molecular formula is C26H37F3N4O6S2. The van der Waals surface area contributed by atoms with Crippen molar-refractivity contribution in [2.24, 2.45) is 10.9 Å². The van der Waals surface area contributed by atoms with Crippen LogP contribution < -0.4 is 5.32 Å². The van der Waals surface area contributed by atoms with E-state index in [9.17, 15) is 35.1 Å². The number of amides is 1. The highest BCUT2D eigenvalue weighted by Gasteiger charge is 2.48. The fourth-order valence-corrected chi connectivity index (χ4v) is 8.38. The summed E-state index contributed by atoms with van der Waals surface area (Å²) < 4.78 is 94.1. The Morgan fingerprint density at radius 2 is 1.85 bits per heavy atom. The first-order valence-corrected chi connectivity index (χ1v) is 17.3. The molecular weight excluding hydrogens is 585 g/mol. The molecule has 1 amide bonds. The van der Waals surface area contributed by atoms with E-state index < -0.39 is 53.9 Å². The van der Waals surface area contributed by atoms with E-state index >= 15 is 0 Å². The maximum absolute atomic E-state index is 14.0. The smallest absolute Gasteiger partial charge is 0.395 e. The number of nitrogens with zero attached hydrogens (tertiary/aromatic N) is 3. The highest BCUT2D eigenvalue weighted by atomic mass is 32.3. The number of aliphatic hydroxyl groups excluding tert-OH is 1. The van der Waals surface area contributed by atoms with Gasteiger partial charge in [0.05, 0.1) is 17.1 Å². The topological polar surface area (TPSA) is 140 Å². The zero-order chi connectivity index (χ0) is 30.3. The molecule has 0 radical (unpaired) electrons. The number of benzene rings is 1. The van der Waals surface area contributed by atoms with Gasteiger partial charge in [-0.2, -0.15) is 21.7 Å². The van der Waals surface area contributed by atoms with Crippen molar-refractivity contribution >= 4 is 37.4 Å². The third-order valence-corrected chi connectivity index (χ3v) is 12.9. The Balaban J connectivity index is 1.53. The van der Waals surface area contributed by atoms with E-state index in [1.807, 2.05) is 0 Å². The Bertz CT molecular complexity index is 1410. The summed E-state index contributed by atoms with van der Waals surface area (Å²) in [7, 11) is -7.87. The van der Waals surface area contributed by atoms with Crippen molar-refractivity contribution in [3.8, 4) is 0 Å². The molecule has 230 valence electrons. The third kappa shape index (κ3) is 6.44. The molecule has 2 heterocycles. The number of amidine groups is 1. The number of carbonyl (C=O) groups is 1. The fourth-order valence-electron chi connectivity index (χ4n) is 5.56. The largest absolute Gasteiger partial charge is 0.417 e. The maximum Gasteiger partial charge on any atom is 0.417 e. The summed E-state index contributed by atoms with van der Waals surface area (Å²) in [6.45, 7) is -0.783. The summed E-state index contributed by atoms with van der Waals surface area (Å²) in [4.78, 5) is 17.0. The molecule has 2 aliphatic heterocycles. The molecule has 3 aliphatic rings. The van der Waals surface area contributed by atoms with E-state index in [2.05, 4.69) is 5.32 Å². The van der Waals surface area contributed by atoms with Crippen LogP contribution in [0.25, 0.3) is 6.08 Å². The van der Waals surface area contributed by atoms with Crippen LogP contribution in [0, 0.1) is 5.92 Å². The number of nitrogens with one attached hydrogen (secondary N) is 1. The lowest BCUT2D eigenvalue weighted by Gasteiger charge is -2.47. The number of hydrogen-bond acceptors (Lipinski definition) is 6. The molecule has 10 nitrogen and oxygen atoms in total. The molecule has 2 fully saturated rings. The number of carbonyl (C=O) groups excluding carboxylic acids is 1. The van der Waals surface area contributed by atoms with Crippen molar-refractivity contribution in [3.05, 3.63) is 34.7 Å². The van der Waals surface area contributed by atoms with Gasteiger partial charge in [0, 0.05) is 44.3 Å². The van der Waals surface area contributed by atoms with Gasteiger partial charge in [0.15, 0.2) is 0 Å². The van der Waals surface area contributed by atoms with Crippen LogP contribution in [-0.4, -0.2) is 87.7 Å². The second-order valence-corrected chi connectivity index (χ2v) is 16.5. The molecule has 41 heavy (non-hydrogen) atoms. The second kappa shape index (κ2) is 11.2. The first kappa shape index (κ1) is 31.8. The van der Waals surface area contributed by atoms with Crippen LogP contribution in [0.3, 0.4) is 0 Å². The van der Waals surface area contributed by atoms with E-state index in [-0.39, 0.29) is 44.3 Å². The Hall–Kier alpha value is -2.17. The van der Waals surface area contributed by atoms with Gasteiger partial charge in [-0.1, -0.05) is 25.3 Å². The number of likely N-dealkylation sites (N-methyl/N-ethyl adjacent to an activating group) is 1. The number of aliphatic hydroxyl groups is 1. The molecule has 1 aromatic carbocycles. The fraction of sp³-hybridized carbons (Fsp3) is 0.615. The maximum atomic E-state index is 14.0. The SMILES string of the molecule is CN(CCO)S(C)(=O)(O)c1ccc(/C=C/S(=O)(=O)N2CCC3(CC2)N=C(C2CCCCC2)NC3=O)c(C(F)(F)F)c1. The first-order chi connectivity index (χ1) is 19.0. The van der Waals surface area contributed by atoms with Crippen molar-refractivity contribution in [2.45, 2.75) is 61.6 Å². The summed E-state index contributed by atoms with van der Waals surface area (Å²) >= 11 is 0. The molecule has 0 unspecified atom stereocenters. The van der Waals surface area contributed by atoms with Crippen molar-refractivity contribution in [1.82, 2.24) is 13.9 Å². The van der Waals surface area contributed by atoms with Crippen LogP contribution in [0.15, 0.2) is 33.5 Å². The lowest BCUT2D eigenvalue weighted by atomic mass is 9.88. The predicted molar refractivity (Wildman–Crippen MR) is 150 cm³/mol. The molecule has 4 rings (SSSR count). The van der Waals surface area contributed by atoms with Crippen LogP contribution in [0.1, 0.15) is 56.1 Å². The van der Waals surface area contributed by atoms with E-state index in [0.717, 1.165) is 65.2 Å². The van der Waals surface area contributed by atoms with E-state index in [4.69, 9.17) is 10.1 Å². The molecule has 1 aromatic rings. The summed E-state index contributed by atoms with van der Waals surface area (Å²) in [5.74, 6) is 0.640. The van der Waals surface area contributed by atoms with Crippen molar-refractivity contribution < 1.29 is 40.3 Å². The quantitative estimate of drug-likeness (QED) is 0.407. The number of aliphatic imine (C=N–C) groups is 1. The number of hydrogen-bond donors (Lipinski definition) is 3. The molecule has 3 N–H and O–H groups in total. The number of halogens is 3. The number of alkyl halides is 3. The van der Waals surface area contributed by atoms with Gasteiger partial charge in [0.2, 0.25) is 10.0 Å². The number of rotatable bonds is 8. The Morgan fingerprint density at radius 3 is 2.44 bits per heavy atom. The first-order valence-electron chi connectivity index (χ1n) is 13.5. The van der Waals surface area contributed by atoms with E-state index in [1.54, 1.807) is 0 Å². The third-order valence-electron chi connectivity index (χ3n) is 8.34. The molecule has 0 bridgehead atoms. The average molecular weight is 623 g/mol. The molecule has 15 heteroatoms. The standard InChI is InChI=1S/C26H37F3N4O6S2/c1-32(15-16-34)41(2,38,39)21-9-8-19(22(18-21)26(27,28)29)10-17-40(36,37)33-13-11-25(12-14-33)24(35)30-23(31-25)20-6-4-3-5-7-20/h8-10,17-18,20,34H,3-7,11-16H2,1-2H3,(H,38,39)(H,30,31,35)/b17-10+. The van der Waals surface area contributed by atoms with Crippen LogP contribution >= 0.6 is 0 Å². The second-order valence-electron chi connectivity index (χ2n) is 11.1. The van der Waals surface area contributed by atoms with E-state index in [1.165, 1.54) is 7.05 Å². The predicted octanol–water partition coefficient (Wildman–Crippen LogP) is 3.07. The zero-order valence-corrected chi connectivity index (χ0v) is 24.7. The van der Waals surface area contributed by atoms with Gasteiger partial charge in [-0.25, -0.2) is 12.7 Å². The number of sulfonamides is 1. The summed E-state index contributed by atoms with van der Waals surface area (Å²) in [5.41, 5.74) is -2.80. The lowest BCUT2D eigenvalue weighted by Crippen LogP contribution is -2.50. The van der Waals surface area contributed by atoms with Crippen LogP contribution in [0.5, 0.6) is 0 Å². The highest BCUT2D eigenvalue weighted by Crippen LogP contribution is 2.40. The molecule has 1 saturated carbocycles. The monoisotopic (exact) mass is 622 g/mol. The van der Waals surface area contributed by atoms with Crippen LogP contribution in [0.2, 0.25) is 0 Å². The number of piperidine rings is 1. The van der Waals surface area contributed by atoms with E-state index in [0.29, 0.717) is 17.3 Å². The van der Waals surface area contributed by atoms with Crippen molar-refractivity contribution in [1.29, 1.82) is 0 Å². The van der Waals surface area contributed by atoms with Crippen molar-refractivity contribution in [3.63, 3.8) is 0 Å². The molecule has 1 saturated heterocycles. The lowest BCUT2D eigenvalue weighted by molar-refractivity contribution is -0.137.